The number of benzene rings is 5. The summed E-state index contributed by atoms with van der Waals surface area (Å²) in [5.41, 5.74) is 12.8. The van der Waals surface area contributed by atoms with Gasteiger partial charge in [-0.15, -0.1) is 11.6 Å². The van der Waals surface area contributed by atoms with Crippen molar-refractivity contribution in [3.63, 3.8) is 0 Å². The molecule has 0 amide bonds. The standard InChI is InChI=1S/C25H32ClN.C22H21N.ClH.Ru/c1-17(2)20-11-8-9-18(3)23(20)27-22(15-26)25(16-24(27,4)5)14-13-19-10-6-7-12-21(19)25;1-19-10-8-9-15-22(19)18-23(16-20-11-4-2-5-12-20)17-21-13-6-3-7-14-21;;/h6-12,17,22H,13-16H2,1-5H3;1-15H,16-18H2;1H;/q;;;+1/p-1. The molecular weight excluding hydrogens is 765 g/mol. The first kappa shape index (κ1) is 38.7. The molecule has 273 valence electrons. The fourth-order valence-corrected chi connectivity index (χ4v) is 10.6. The Morgan fingerprint density at radius 2 is 1.40 bits per heavy atom. The molecule has 1 heterocycles. The van der Waals surface area contributed by atoms with Gasteiger partial charge in [0.25, 0.3) is 0 Å². The summed E-state index contributed by atoms with van der Waals surface area (Å²) in [6.07, 6.45) is 3.56. The molecule has 5 aromatic carbocycles. The van der Waals surface area contributed by atoms with Crippen molar-refractivity contribution >= 4 is 31.6 Å². The second-order valence-electron chi connectivity index (χ2n) is 15.5. The van der Waals surface area contributed by atoms with Crippen LogP contribution in [-0.4, -0.2) is 27.0 Å². The van der Waals surface area contributed by atoms with Gasteiger partial charge in [-0.3, -0.25) is 0 Å². The molecule has 0 aromatic heterocycles. The first-order valence-corrected chi connectivity index (χ1v) is 22.4. The molecule has 2 unspecified atom stereocenters. The van der Waals surface area contributed by atoms with E-state index < -0.39 is 0 Å². The summed E-state index contributed by atoms with van der Waals surface area (Å²) in [4.78, 5) is 5.19. The Morgan fingerprint density at radius 1 is 0.788 bits per heavy atom. The third-order valence-electron chi connectivity index (χ3n) is 11.1. The molecule has 0 N–H and O–H groups in total. The van der Waals surface area contributed by atoms with E-state index in [1.165, 1.54) is 63.9 Å². The van der Waals surface area contributed by atoms with Crippen LogP contribution in [0.4, 0.5) is 5.69 Å². The van der Waals surface area contributed by atoms with Crippen LogP contribution in [0.5, 0.6) is 0 Å². The van der Waals surface area contributed by atoms with Gasteiger partial charge in [-0.1, -0.05) is 56.3 Å². The molecule has 2 atom stereocenters. The monoisotopic (exact) mass is 817 g/mol. The van der Waals surface area contributed by atoms with E-state index in [1.54, 1.807) is 5.56 Å². The van der Waals surface area contributed by atoms with Crippen LogP contribution >= 0.6 is 21.3 Å². The zero-order valence-electron chi connectivity index (χ0n) is 31.3. The van der Waals surface area contributed by atoms with Crippen molar-refractivity contribution in [2.45, 2.75) is 96.4 Å². The number of aryl methyl sites for hydroxylation is 2. The van der Waals surface area contributed by atoms with Crippen molar-refractivity contribution < 1.29 is 15.7 Å². The van der Waals surface area contributed by atoms with E-state index >= 15 is 0 Å². The molecule has 0 saturated carbocycles. The number of para-hydroxylation sites is 1. The average Bonchev–Trinajstić information content (AvgIpc) is 3.62. The molecule has 1 aliphatic heterocycles. The second kappa shape index (κ2) is 17.4. The van der Waals surface area contributed by atoms with Crippen LogP contribution in [0.1, 0.15) is 91.0 Å². The van der Waals surface area contributed by atoms with E-state index in [0.717, 1.165) is 19.6 Å². The van der Waals surface area contributed by atoms with E-state index in [1.807, 2.05) is 0 Å². The Balaban J connectivity index is 0.000000179. The molecule has 5 heteroatoms. The van der Waals surface area contributed by atoms with Crippen LogP contribution in [-0.2, 0) is 47.2 Å². The Hall–Kier alpha value is -3.07. The van der Waals surface area contributed by atoms with Crippen LogP contribution in [0.2, 0.25) is 0 Å². The van der Waals surface area contributed by atoms with Crippen molar-refractivity contribution in [3.8, 4) is 0 Å². The molecular formula is C47H53Cl2N2Ru. The summed E-state index contributed by atoms with van der Waals surface area (Å²) in [5, 5.41) is 0. The van der Waals surface area contributed by atoms with Crippen molar-refractivity contribution in [1.29, 1.82) is 0 Å². The fraction of sp³-hybridized carbons (Fsp3) is 0.340. The third-order valence-corrected chi connectivity index (χ3v) is 12.6. The number of hydrogen-bond donors (Lipinski definition) is 0. The van der Waals surface area contributed by atoms with Gasteiger partial charge in [0.1, 0.15) is 0 Å². The van der Waals surface area contributed by atoms with Gasteiger partial charge >= 0.3 is 162 Å². The Bertz CT molecular complexity index is 1900. The van der Waals surface area contributed by atoms with Crippen molar-refractivity contribution in [2.24, 2.45) is 0 Å². The summed E-state index contributed by atoms with van der Waals surface area (Å²) in [6.45, 7) is 14.5. The summed E-state index contributed by atoms with van der Waals surface area (Å²) >= 11 is 6.54. The number of fused-ring (bicyclic) bond motifs is 2. The van der Waals surface area contributed by atoms with E-state index in [4.69, 9.17) is 21.3 Å². The number of alkyl halides is 1. The van der Waals surface area contributed by atoms with E-state index in [0.29, 0.717) is 17.8 Å². The molecule has 2 nitrogen and oxygen atoms in total. The molecule has 2 aliphatic rings. The van der Waals surface area contributed by atoms with Gasteiger partial charge in [0.15, 0.2) is 0 Å². The summed E-state index contributed by atoms with van der Waals surface area (Å²) in [6, 6.07) is 46.1. The molecule has 0 radical (unpaired) electrons. The third kappa shape index (κ3) is 8.50. The fourth-order valence-electron chi connectivity index (χ4n) is 8.95. The van der Waals surface area contributed by atoms with E-state index in [-0.39, 0.29) is 26.6 Å². The predicted octanol–water partition coefficient (Wildman–Crippen LogP) is 11.9. The first-order valence-electron chi connectivity index (χ1n) is 18.6. The minimum atomic E-state index is -0.216. The number of rotatable bonds is 10. The van der Waals surface area contributed by atoms with Gasteiger partial charge < -0.3 is 4.90 Å². The zero-order valence-corrected chi connectivity index (χ0v) is 34.6. The van der Waals surface area contributed by atoms with Gasteiger partial charge in [-0.05, 0) is 68.2 Å². The van der Waals surface area contributed by atoms with E-state index in [2.05, 4.69) is 176 Å². The molecule has 52 heavy (non-hydrogen) atoms. The maximum absolute atomic E-state index is 6.76. The molecule has 1 fully saturated rings. The van der Waals surface area contributed by atoms with Crippen molar-refractivity contribution in [2.75, 3.05) is 10.8 Å². The second-order valence-corrected chi connectivity index (χ2v) is 17.6. The van der Waals surface area contributed by atoms with Crippen LogP contribution in [0, 0.1) is 6.92 Å². The molecule has 1 saturated heterocycles. The molecule has 5 aromatic rings. The maximum atomic E-state index is 6.76. The number of anilines is 1. The topological polar surface area (TPSA) is 6.48 Å². The van der Waals surface area contributed by atoms with Crippen LogP contribution in [0.3, 0.4) is 0 Å². The van der Waals surface area contributed by atoms with Crippen molar-refractivity contribution in [1.82, 2.24) is 4.90 Å². The number of halogens is 2. The zero-order chi connectivity index (χ0) is 36.7. The Kier molecular flexibility index (Phi) is 12.9. The number of hydrogen-bond acceptors (Lipinski definition) is 2. The minimum absolute atomic E-state index is 0.0762. The van der Waals surface area contributed by atoms with Gasteiger partial charge in [0.05, 0.1) is 6.04 Å². The van der Waals surface area contributed by atoms with Gasteiger partial charge in [0.2, 0.25) is 0 Å². The summed E-state index contributed by atoms with van der Waals surface area (Å²) in [5.74, 6) is 1.17. The van der Waals surface area contributed by atoms with E-state index in [9.17, 15) is 0 Å². The van der Waals surface area contributed by atoms with Gasteiger partial charge in [-0.2, -0.15) is 0 Å². The van der Waals surface area contributed by atoms with Crippen LogP contribution in [0.15, 0.2) is 127 Å². The van der Waals surface area contributed by atoms with Crippen molar-refractivity contribution in [3.05, 3.63) is 172 Å². The predicted molar refractivity (Wildman–Crippen MR) is 221 cm³/mol. The first-order chi connectivity index (χ1) is 25.2. The molecule has 1 aliphatic carbocycles. The normalized spacial score (nSPS) is 19.2. The average molecular weight is 818 g/mol. The quantitative estimate of drug-likeness (QED) is 0.102. The number of nitrogens with zero attached hydrogens (tertiary/aromatic N) is 2. The Morgan fingerprint density at radius 3 is 2.04 bits per heavy atom. The SMILES string of the molecule is Cc1cccc(C(C)C)c1N1C(CCl)C2(CCc3ccccc32)CC1(C)C.[Cl][Ru]=[CH]c1ccccc1CN(Cc1ccccc1)Cc1ccccc1. The van der Waals surface area contributed by atoms with Gasteiger partial charge in [-0.25, -0.2) is 0 Å². The molecule has 0 bridgehead atoms. The molecule has 1 spiro atoms. The van der Waals surface area contributed by atoms with Crippen LogP contribution < -0.4 is 4.90 Å². The van der Waals surface area contributed by atoms with Gasteiger partial charge in [0, 0.05) is 22.5 Å². The summed E-state index contributed by atoms with van der Waals surface area (Å²) < 4.78 is 2.17. The molecule has 7 rings (SSSR count). The summed E-state index contributed by atoms with van der Waals surface area (Å²) in [7, 11) is 6.02. The Labute approximate surface area is 329 Å². The van der Waals surface area contributed by atoms with Crippen LogP contribution in [0.25, 0.3) is 0 Å².